The minimum atomic E-state index is 0.793. The van der Waals surface area contributed by atoms with Gasteiger partial charge in [-0.2, -0.15) is 0 Å². The quantitative estimate of drug-likeness (QED) is 0.569. The van der Waals surface area contributed by atoms with Gasteiger partial charge in [0.2, 0.25) is 0 Å². The van der Waals surface area contributed by atoms with Crippen molar-refractivity contribution in [2.45, 2.75) is 6.61 Å². The first-order chi connectivity index (χ1) is 1.89. The van der Waals surface area contributed by atoms with E-state index in [1.165, 1.54) is 0 Å². The second-order valence-electron chi connectivity index (χ2n) is 0.955. The Balaban J connectivity index is 2.17. The molecular weight excluding hydrogens is 307 g/mol. The standard InChI is InChI=1S/C2H3O.Rf/c1-2-3-1;/h1H,2H2;. The fourth-order valence-electron chi connectivity index (χ4n) is 0.0680. The second-order valence-corrected chi connectivity index (χ2v) is 5.08. The third kappa shape index (κ3) is 0.000400. The van der Waals surface area contributed by atoms with Crippen molar-refractivity contribution < 1.29 is 4.74 Å². The molecule has 0 saturated carbocycles. The summed E-state index contributed by atoms with van der Waals surface area (Å²) in [6, 6.07) is 0. The molecule has 1 fully saturated rings. The van der Waals surface area contributed by atoms with Crippen molar-refractivity contribution in [1.82, 2.24) is 0 Å². The molecule has 2 heteroatoms. The second kappa shape index (κ2) is 0.115. The Morgan fingerprint density at radius 1 is 2.00 bits per heavy atom. The van der Waals surface area contributed by atoms with Gasteiger partial charge >= 0.3 is 18.0 Å². The fraction of sp³-hybridized carbons (Fsp3) is 1.00. The van der Waals surface area contributed by atoms with Crippen LogP contribution in [0.15, 0.2) is 0 Å². The van der Waals surface area contributed by atoms with Crippen LogP contribution in [0.4, 0.5) is 0 Å². The third-order valence-electron chi connectivity index (χ3n) is 0.402. The summed E-state index contributed by atoms with van der Waals surface area (Å²) >= 11 is 0. The van der Waals surface area contributed by atoms with E-state index in [-0.39, 0.29) is 0 Å². The van der Waals surface area contributed by atoms with Crippen LogP contribution in [0.2, 0.25) is 0 Å². The molecule has 0 aromatic rings. The molecule has 0 spiro atoms. The van der Waals surface area contributed by atoms with Gasteiger partial charge in [-0.1, -0.05) is 0 Å². The van der Waals surface area contributed by atoms with Gasteiger partial charge in [-0.3, -0.25) is 0 Å². The molecule has 1 atom stereocenters. The maximum absolute atomic E-state index is 4.80. The van der Waals surface area contributed by atoms with Gasteiger partial charge in [-0.25, -0.2) is 0 Å². The zero-order chi connectivity index (χ0) is 2.99. The molecule has 19 valence electrons. The van der Waals surface area contributed by atoms with E-state index in [4.69, 9.17) is 4.74 Å². The number of hydrogen-bond acceptors (Lipinski definition) is 1. The molecule has 0 aliphatic carbocycles. The normalized spacial score (nSPS) is 40.0. The monoisotopic (exact) mass is 310 g/mol. The van der Waals surface area contributed by atoms with E-state index in [0.717, 1.165) is 13.2 Å². The molecule has 0 aromatic carbocycles. The first kappa shape index (κ1) is 1.30. The van der Waals surface area contributed by atoms with Crippen LogP contribution >= 0.6 is 0 Å². The molecule has 0 radical (unpaired) electrons. The summed E-state index contributed by atoms with van der Waals surface area (Å²) in [7, 11) is 0. The van der Waals surface area contributed by atoms with Crippen molar-refractivity contribution in [2.75, 3.05) is 6.61 Å². The first-order valence-corrected chi connectivity index (χ1v) is 5.04. The van der Waals surface area contributed by atoms with Gasteiger partial charge in [0.1, 0.15) is 0 Å². The molecule has 0 bridgehead atoms. The molecular formula is C2H3ORf. The number of epoxide rings is 1. The molecule has 0 aromatic heterocycles. The molecule has 1 saturated heterocycles. The third-order valence-corrected chi connectivity index (χ3v) is 2.54. The number of ether oxygens (including phenoxy) is 1. The van der Waals surface area contributed by atoms with Gasteiger partial charge in [0.15, 0.2) is 0 Å². The summed E-state index contributed by atoms with van der Waals surface area (Å²) in [6.07, 6.45) is 0. The molecule has 0 N–H and O–H groups in total. The van der Waals surface area contributed by atoms with Crippen molar-refractivity contribution in [3.63, 3.8) is 0 Å². The first-order valence-electron chi connectivity index (χ1n) is 1.34. The Morgan fingerprint density at radius 2 is 2.25 bits per heavy atom. The molecule has 4 heavy (non-hydrogen) atoms. The van der Waals surface area contributed by atoms with Crippen LogP contribution in [0.25, 0.3) is 0 Å². The minimum absolute atomic E-state index is 0.793. The predicted molar refractivity (Wildman–Crippen MR) is 9.74 cm³/mol. The summed E-state index contributed by atoms with van der Waals surface area (Å²) in [4.78, 5) is 0. The predicted octanol–water partition coefficient (Wildman–Crippen LogP) is -0.108. The summed E-state index contributed by atoms with van der Waals surface area (Å²) in [5, 5.41) is 0. The van der Waals surface area contributed by atoms with E-state index in [1.807, 2.05) is 0 Å². The van der Waals surface area contributed by atoms with E-state index >= 15 is 0 Å². The van der Waals surface area contributed by atoms with Gasteiger partial charge in [-0.05, 0) is 0 Å². The molecule has 1 rings (SSSR count). The SMILES string of the molecule is [Rf][CH]1CO1. The summed E-state index contributed by atoms with van der Waals surface area (Å²) < 4.78 is 5.62. The van der Waals surface area contributed by atoms with Gasteiger partial charge in [-0.15, -0.1) is 0 Å². The van der Waals surface area contributed by atoms with Gasteiger partial charge < -0.3 is 0 Å². The molecule has 1 heterocycles. The summed E-state index contributed by atoms with van der Waals surface area (Å²) in [5.74, 6) is 0. The van der Waals surface area contributed by atoms with E-state index in [9.17, 15) is 0 Å². The Hall–Kier alpha value is -1.04. The van der Waals surface area contributed by atoms with Crippen LogP contribution in [-0.2, 0) is 4.74 Å². The molecule has 1 aliphatic rings. The van der Waals surface area contributed by atoms with Crippen molar-refractivity contribution >= 4 is 0 Å². The van der Waals surface area contributed by atoms with Crippen LogP contribution in [0, 0.1) is 0 Å². The fourth-order valence-corrected chi connectivity index (χ4v) is 0.684. The zero-order valence-electron chi connectivity index (χ0n) is 2.40. The van der Waals surface area contributed by atoms with E-state index in [2.05, 4.69) is 0 Å². The average molecular weight is 310 g/mol. The van der Waals surface area contributed by atoms with Crippen LogP contribution in [-0.4, -0.2) is 13.2 Å². The Kier molecular flexibility index (Phi) is 0.0374. The molecule has 1 unspecified atom stereocenters. The van der Waals surface area contributed by atoms with Gasteiger partial charge in [0.05, 0.1) is 0 Å². The molecule has 1 nitrogen and oxygen atoms in total. The van der Waals surface area contributed by atoms with Crippen molar-refractivity contribution in [3.05, 3.63) is 0 Å². The summed E-state index contributed by atoms with van der Waals surface area (Å²) in [5.41, 5.74) is 0. The topological polar surface area (TPSA) is 12.5 Å². The zero-order valence-corrected chi connectivity index (χ0v) is 8.80. The van der Waals surface area contributed by atoms with Crippen molar-refractivity contribution in [2.24, 2.45) is 0 Å². The Labute approximate surface area is 19.2 Å². The van der Waals surface area contributed by atoms with E-state index in [1.54, 1.807) is 0 Å². The number of rotatable bonds is 0. The van der Waals surface area contributed by atoms with Gasteiger partial charge in [0.25, 0.3) is 0 Å². The average Bonchev–Trinajstić information content (AvgIpc) is 1.75. The van der Waals surface area contributed by atoms with Gasteiger partial charge in [0, 0.05) is 0 Å². The summed E-state index contributed by atoms with van der Waals surface area (Å²) in [6.45, 7) is 1.87. The van der Waals surface area contributed by atoms with Crippen molar-refractivity contribution in [3.8, 4) is 0 Å². The molecule has 1 aliphatic heterocycles. The van der Waals surface area contributed by atoms with E-state index in [0.29, 0.717) is 0 Å². The van der Waals surface area contributed by atoms with Crippen LogP contribution in [0.5, 0.6) is 0 Å². The Morgan fingerprint density at radius 3 is 2.25 bits per heavy atom. The van der Waals surface area contributed by atoms with Crippen LogP contribution < -0.4 is 0 Å². The number of hydrogen-bond donors (Lipinski definition) is 0. The Bertz CT molecular complexity index is 25.2. The molecule has 0 amide bonds. The van der Waals surface area contributed by atoms with E-state index < -0.39 is 0 Å². The van der Waals surface area contributed by atoms with Crippen molar-refractivity contribution in [1.29, 1.82) is 0 Å². The van der Waals surface area contributed by atoms with Crippen LogP contribution in [0.1, 0.15) is 0 Å². The maximum atomic E-state index is 4.80. The van der Waals surface area contributed by atoms with Crippen LogP contribution in [0.3, 0.4) is 0 Å².